The summed E-state index contributed by atoms with van der Waals surface area (Å²) in [6.45, 7) is 1.96. The second kappa shape index (κ2) is 8.48. The van der Waals surface area contributed by atoms with Gasteiger partial charge in [0.25, 0.3) is 5.91 Å². The molecule has 7 nitrogen and oxygen atoms in total. The number of carbonyl (C=O) groups is 1. The van der Waals surface area contributed by atoms with Crippen LogP contribution in [0, 0.1) is 6.92 Å². The Hall–Kier alpha value is -4.04. The van der Waals surface area contributed by atoms with E-state index in [0.717, 1.165) is 15.6 Å². The number of benzene rings is 3. The average Bonchev–Trinajstić information content (AvgIpc) is 3.06. The molecule has 0 atom stereocenters. The lowest BCUT2D eigenvalue weighted by Crippen LogP contribution is -2.14. The first-order chi connectivity index (χ1) is 16.0. The van der Waals surface area contributed by atoms with Crippen molar-refractivity contribution >= 4 is 61.8 Å². The number of aromatic nitrogens is 3. The molecule has 0 spiro atoms. The Morgan fingerprint density at radius 1 is 1.03 bits per heavy atom. The number of nitrogen functional groups attached to an aromatic ring is 1. The first-order valence-corrected chi connectivity index (χ1v) is 11.0. The number of hydrogen-bond acceptors (Lipinski definition) is 5. The molecule has 0 saturated carbocycles. The maximum atomic E-state index is 13.3. The number of amides is 1. The van der Waals surface area contributed by atoms with Gasteiger partial charge in [0.1, 0.15) is 16.9 Å². The van der Waals surface area contributed by atoms with Crippen molar-refractivity contribution in [3.8, 4) is 0 Å². The normalized spacial score (nSPS) is 11.5. The summed E-state index contributed by atoms with van der Waals surface area (Å²) in [7, 11) is 0. The van der Waals surface area contributed by atoms with Crippen LogP contribution in [0.25, 0.3) is 22.2 Å². The van der Waals surface area contributed by atoms with Gasteiger partial charge in [-0.05, 0) is 54.4 Å². The van der Waals surface area contributed by atoms with Crippen LogP contribution < -0.4 is 11.1 Å². The largest absolute Gasteiger partial charge is 0.383 e. The lowest BCUT2D eigenvalue weighted by molar-refractivity contribution is 0.102. The van der Waals surface area contributed by atoms with E-state index in [0.29, 0.717) is 27.9 Å². The van der Waals surface area contributed by atoms with Gasteiger partial charge in [0.15, 0.2) is 5.65 Å². The third kappa shape index (κ3) is 4.08. The van der Waals surface area contributed by atoms with E-state index in [9.17, 15) is 4.79 Å². The van der Waals surface area contributed by atoms with E-state index in [1.165, 1.54) is 4.68 Å². The number of para-hydroxylation sites is 2. The van der Waals surface area contributed by atoms with Crippen LogP contribution in [0.3, 0.4) is 0 Å². The fraction of sp³-hybridized carbons (Fsp3) is 0.0400. The van der Waals surface area contributed by atoms with Gasteiger partial charge in [-0.25, -0.2) is 9.97 Å². The fourth-order valence-electron chi connectivity index (χ4n) is 3.62. The standard InChI is InChI=1S/C25H19BrN6O/c1-15-6-4-9-18(12-15)29-25(33)21-22-24(31-20-11-3-2-10-19(20)30-22)32(23(21)27)28-14-16-7-5-8-17(26)13-16/h2-14H,27H2,1H3,(H,29,33). The molecule has 0 unspecified atom stereocenters. The number of nitrogens with two attached hydrogens (primary N) is 1. The van der Waals surface area contributed by atoms with E-state index in [1.54, 1.807) is 6.21 Å². The zero-order chi connectivity index (χ0) is 22.9. The Labute approximate surface area is 198 Å². The molecule has 0 radical (unpaired) electrons. The van der Waals surface area contributed by atoms with Gasteiger partial charge in [0, 0.05) is 10.2 Å². The minimum Gasteiger partial charge on any atom is -0.383 e. The van der Waals surface area contributed by atoms with Gasteiger partial charge in [-0.1, -0.05) is 52.3 Å². The Morgan fingerprint density at radius 3 is 2.55 bits per heavy atom. The van der Waals surface area contributed by atoms with Gasteiger partial charge in [-0.3, -0.25) is 4.79 Å². The summed E-state index contributed by atoms with van der Waals surface area (Å²) in [4.78, 5) is 22.7. The van der Waals surface area contributed by atoms with Gasteiger partial charge in [0.2, 0.25) is 0 Å². The van der Waals surface area contributed by atoms with Gasteiger partial charge in [-0.2, -0.15) is 9.78 Å². The topological polar surface area (TPSA) is 98.2 Å². The van der Waals surface area contributed by atoms with Crippen molar-refractivity contribution in [3.63, 3.8) is 0 Å². The molecule has 1 amide bonds. The number of nitrogens with one attached hydrogen (secondary N) is 1. The molecule has 33 heavy (non-hydrogen) atoms. The van der Waals surface area contributed by atoms with Crippen LogP contribution in [-0.2, 0) is 0 Å². The number of hydrogen-bond donors (Lipinski definition) is 2. The van der Waals surface area contributed by atoms with E-state index in [2.05, 4.69) is 26.3 Å². The van der Waals surface area contributed by atoms with Gasteiger partial charge in [-0.15, -0.1) is 0 Å². The second-order valence-electron chi connectivity index (χ2n) is 7.58. The van der Waals surface area contributed by atoms with Crippen LogP contribution in [0.2, 0.25) is 0 Å². The first kappa shape index (κ1) is 20.8. The smallest absolute Gasteiger partial charge is 0.261 e. The van der Waals surface area contributed by atoms with Crippen molar-refractivity contribution in [2.75, 3.05) is 11.1 Å². The van der Waals surface area contributed by atoms with Crippen LogP contribution in [0.15, 0.2) is 82.4 Å². The van der Waals surface area contributed by atoms with Crippen molar-refractivity contribution in [1.82, 2.24) is 14.6 Å². The molecule has 2 aromatic heterocycles. The molecule has 2 heterocycles. The maximum Gasteiger partial charge on any atom is 0.261 e. The highest BCUT2D eigenvalue weighted by molar-refractivity contribution is 9.10. The van der Waals surface area contributed by atoms with Crippen LogP contribution >= 0.6 is 15.9 Å². The molecule has 5 rings (SSSR count). The van der Waals surface area contributed by atoms with Crippen molar-refractivity contribution in [2.45, 2.75) is 6.92 Å². The third-order valence-electron chi connectivity index (χ3n) is 5.15. The summed E-state index contributed by atoms with van der Waals surface area (Å²) in [6.07, 6.45) is 1.67. The molecule has 0 aliphatic heterocycles. The van der Waals surface area contributed by atoms with Gasteiger partial charge >= 0.3 is 0 Å². The second-order valence-corrected chi connectivity index (χ2v) is 8.50. The number of halogens is 1. The summed E-state index contributed by atoms with van der Waals surface area (Å²) in [5.41, 5.74) is 11.4. The molecule has 5 aromatic rings. The molecule has 0 bridgehead atoms. The first-order valence-electron chi connectivity index (χ1n) is 10.2. The Balaban J connectivity index is 1.67. The van der Waals surface area contributed by atoms with Crippen LogP contribution in [-0.4, -0.2) is 26.8 Å². The van der Waals surface area contributed by atoms with Gasteiger partial charge in [0.05, 0.1) is 17.2 Å². The number of anilines is 2. The highest BCUT2D eigenvalue weighted by Gasteiger charge is 2.24. The Kier molecular flexibility index (Phi) is 5.35. The predicted molar refractivity (Wildman–Crippen MR) is 136 cm³/mol. The van der Waals surface area contributed by atoms with Crippen molar-refractivity contribution in [2.24, 2.45) is 5.10 Å². The maximum absolute atomic E-state index is 13.3. The van der Waals surface area contributed by atoms with Crippen LogP contribution in [0.4, 0.5) is 11.5 Å². The van der Waals surface area contributed by atoms with Crippen molar-refractivity contribution < 1.29 is 4.79 Å². The quantitative estimate of drug-likeness (QED) is 0.325. The summed E-state index contributed by atoms with van der Waals surface area (Å²) in [5, 5.41) is 7.46. The molecule has 162 valence electrons. The monoisotopic (exact) mass is 498 g/mol. The molecule has 0 aliphatic rings. The molecular weight excluding hydrogens is 480 g/mol. The summed E-state index contributed by atoms with van der Waals surface area (Å²) >= 11 is 3.46. The molecule has 8 heteroatoms. The number of carbonyl (C=O) groups excluding carboxylic acids is 1. The number of fused-ring (bicyclic) bond motifs is 2. The molecular formula is C25H19BrN6O. The minimum absolute atomic E-state index is 0.164. The number of rotatable bonds is 4. The third-order valence-corrected chi connectivity index (χ3v) is 5.64. The summed E-state index contributed by atoms with van der Waals surface area (Å²) < 4.78 is 2.39. The van der Waals surface area contributed by atoms with E-state index in [4.69, 9.17) is 15.7 Å². The molecule has 3 N–H and O–H groups in total. The molecule has 0 fully saturated rings. The van der Waals surface area contributed by atoms with E-state index in [1.807, 2.05) is 79.7 Å². The van der Waals surface area contributed by atoms with Gasteiger partial charge < -0.3 is 11.1 Å². The fourth-order valence-corrected chi connectivity index (χ4v) is 4.03. The molecule has 0 aliphatic carbocycles. The van der Waals surface area contributed by atoms with Crippen molar-refractivity contribution in [1.29, 1.82) is 0 Å². The predicted octanol–water partition coefficient (Wildman–Crippen LogP) is 5.37. The van der Waals surface area contributed by atoms with Crippen LogP contribution in [0.5, 0.6) is 0 Å². The van der Waals surface area contributed by atoms with E-state index >= 15 is 0 Å². The van der Waals surface area contributed by atoms with Crippen LogP contribution in [0.1, 0.15) is 21.5 Å². The van der Waals surface area contributed by atoms with E-state index < -0.39 is 0 Å². The average molecular weight is 499 g/mol. The van der Waals surface area contributed by atoms with Crippen molar-refractivity contribution in [3.05, 3.63) is 94.0 Å². The highest BCUT2D eigenvalue weighted by Crippen LogP contribution is 2.29. The number of nitrogens with zero attached hydrogens (tertiary/aromatic N) is 4. The zero-order valence-electron chi connectivity index (χ0n) is 17.7. The Bertz CT molecular complexity index is 1560. The van der Waals surface area contributed by atoms with E-state index in [-0.39, 0.29) is 17.3 Å². The Morgan fingerprint density at radius 2 is 1.79 bits per heavy atom. The lowest BCUT2D eigenvalue weighted by Gasteiger charge is -2.06. The molecule has 0 saturated heterocycles. The lowest BCUT2D eigenvalue weighted by atomic mass is 10.2. The zero-order valence-corrected chi connectivity index (χ0v) is 19.2. The minimum atomic E-state index is -0.371. The summed E-state index contributed by atoms with van der Waals surface area (Å²) in [6, 6.07) is 22.7. The molecule has 3 aromatic carbocycles. The summed E-state index contributed by atoms with van der Waals surface area (Å²) in [5.74, 6) is -0.208. The SMILES string of the molecule is Cc1cccc(NC(=O)c2c(N)n(N=Cc3cccc(Br)c3)c3nc4ccccc4nc23)c1. The number of aryl methyl sites for hydroxylation is 1. The highest BCUT2D eigenvalue weighted by atomic mass is 79.9.